The molecule has 0 spiro atoms. The molecule has 0 aliphatic heterocycles. The zero-order valence-corrected chi connectivity index (χ0v) is 21.4. The first-order chi connectivity index (χ1) is 18.1. The van der Waals surface area contributed by atoms with Gasteiger partial charge in [-0.15, -0.1) is 6.58 Å². The summed E-state index contributed by atoms with van der Waals surface area (Å²) in [5, 5.41) is 0. The van der Waals surface area contributed by atoms with Crippen LogP contribution in [0.1, 0.15) is 86.3 Å². The number of hydrogen-bond acceptors (Lipinski definition) is 1. The predicted molar refractivity (Wildman–Crippen MR) is 137 cm³/mol. The highest BCUT2D eigenvalue weighted by Crippen LogP contribution is 2.46. The molecule has 0 radical (unpaired) electrons. The SMILES string of the molecule is C=CCCc1ccc(C2CCC(C3CCC(c4cc(F)c(OC(F)(F)C=C(F)F)c(F)c4)CC3)CC2)cc1. The number of benzene rings is 2. The van der Waals surface area contributed by atoms with Crippen LogP contribution in [-0.2, 0) is 6.42 Å². The highest BCUT2D eigenvalue weighted by molar-refractivity contribution is 5.34. The zero-order valence-electron chi connectivity index (χ0n) is 21.4. The van der Waals surface area contributed by atoms with E-state index in [2.05, 4.69) is 35.6 Å². The molecule has 2 saturated carbocycles. The van der Waals surface area contributed by atoms with Crippen molar-refractivity contribution in [3.05, 3.63) is 89.5 Å². The molecule has 0 unspecified atom stereocenters. The summed E-state index contributed by atoms with van der Waals surface area (Å²) in [6.07, 6.45) is 4.07. The quantitative estimate of drug-likeness (QED) is 0.229. The number of alkyl halides is 2. The Bertz CT molecular complexity index is 1080. The van der Waals surface area contributed by atoms with Crippen LogP contribution in [0.3, 0.4) is 0 Å². The van der Waals surface area contributed by atoms with Crippen LogP contribution in [0.4, 0.5) is 26.3 Å². The molecular weight excluding hydrogens is 502 g/mol. The van der Waals surface area contributed by atoms with E-state index >= 15 is 0 Å². The third-order valence-corrected chi connectivity index (χ3v) is 8.31. The minimum Gasteiger partial charge on any atom is -0.423 e. The summed E-state index contributed by atoms with van der Waals surface area (Å²) >= 11 is 0. The van der Waals surface area contributed by atoms with E-state index < -0.39 is 35.6 Å². The largest absolute Gasteiger partial charge is 0.425 e. The van der Waals surface area contributed by atoms with Gasteiger partial charge in [0.2, 0.25) is 0 Å². The van der Waals surface area contributed by atoms with Crippen molar-refractivity contribution in [1.82, 2.24) is 0 Å². The van der Waals surface area contributed by atoms with Crippen molar-refractivity contribution >= 4 is 0 Å². The average Bonchev–Trinajstić information content (AvgIpc) is 2.89. The van der Waals surface area contributed by atoms with Gasteiger partial charge in [0.1, 0.15) is 0 Å². The van der Waals surface area contributed by atoms with E-state index in [9.17, 15) is 26.3 Å². The van der Waals surface area contributed by atoms with E-state index in [1.807, 2.05) is 6.08 Å². The number of hydrogen-bond donors (Lipinski definition) is 0. The topological polar surface area (TPSA) is 9.23 Å². The van der Waals surface area contributed by atoms with Crippen LogP contribution in [-0.4, -0.2) is 6.11 Å². The Hall–Kier alpha value is -2.70. The van der Waals surface area contributed by atoms with Crippen LogP contribution >= 0.6 is 0 Å². The molecule has 2 aliphatic rings. The molecule has 38 heavy (non-hydrogen) atoms. The molecule has 2 fully saturated rings. The Kier molecular flexibility index (Phi) is 9.27. The molecule has 7 heteroatoms. The Labute approximate surface area is 220 Å². The minimum absolute atomic E-state index is 0.0797. The van der Waals surface area contributed by atoms with Gasteiger partial charge in [-0.1, -0.05) is 30.3 Å². The summed E-state index contributed by atoms with van der Waals surface area (Å²) in [5.74, 6) is -2.26. The fourth-order valence-electron chi connectivity index (χ4n) is 6.28. The third kappa shape index (κ3) is 7.23. The van der Waals surface area contributed by atoms with E-state index in [4.69, 9.17) is 0 Å². The van der Waals surface area contributed by atoms with E-state index in [0.717, 1.165) is 50.7 Å². The maximum atomic E-state index is 14.4. The number of aryl methyl sites for hydroxylation is 1. The van der Waals surface area contributed by atoms with E-state index in [1.54, 1.807) is 0 Å². The normalized spacial score (nSPS) is 24.1. The predicted octanol–water partition coefficient (Wildman–Crippen LogP) is 10.1. The Morgan fingerprint density at radius 2 is 1.32 bits per heavy atom. The molecule has 206 valence electrons. The van der Waals surface area contributed by atoms with Crippen molar-refractivity contribution in [2.45, 2.75) is 82.2 Å². The van der Waals surface area contributed by atoms with Gasteiger partial charge >= 0.3 is 6.11 Å². The summed E-state index contributed by atoms with van der Waals surface area (Å²) in [4.78, 5) is 0. The van der Waals surface area contributed by atoms with Gasteiger partial charge in [0.15, 0.2) is 17.4 Å². The molecule has 2 aromatic carbocycles. The van der Waals surface area contributed by atoms with Crippen molar-refractivity contribution in [1.29, 1.82) is 0 Å². The van der Waals surface area contributed by atoms with Crippen molar-refractivity contribution in [3.8, 4) is 5.75 Å². The molecular formula is C31H34F6O. The van der Waals surface area contributed by atoms with Crippen LogP contribution in [0.25, 0.3) is 0 Å². The lowest BCUT2D eigenvalue weighted by Crippen LogP contribution is -2.25. The van der Waals surface area contributed by atoms with Crippen LogP contribution in [0.15, 0.2) is 61.2 Å². The molecule has 0 bridgehead atoms. The average molecular weight is 537 g/mol. The number of halogens is 6. The maximum Gasteiger partial charge on any atom is 0.425 e. The summed E-state index contributed by atoms with van der Waals surface area (Å²) in [6, 6.07) is 11.0. The highest BCUT2D eigenvalue weighted by atomic mass is 19.3. The van der Waals surface area contributed by atoms with Gasteiger partial charge in [0, 0.05) is 0 Å². The fourth-order valence-corrected chi connectivity index (χ4v) is 6.28. The third-order valence-electron chi connectivity index (χ3n) is 8.31. The first-order valence-electron chi connectivity index (χ1n) is 13.4. The molecule has 4 rings (SSSR count). The van der Waals surface area contributed by atoms with Crippen molar-refractivity contribution in [2.24, 2.45) is 11.8 Å². The van der Waals surface area contributed by atoms with Crippen molar-refractivity contribution < 1.29 is 31.1 Å². The maximum absolute atomic E-state index is 14.4. The summed E-state index contributed by atoms with van der Waals surface area (Å²) in [6.45, 7) is 3.78. The Morgan fingerprint density at radius 1 is 0.816 bits per heavy atom. The van der Waals surface area contributed by atoms with Crippen LogP contribution in [0.2, 0.25) is 0 Å². The van der Waals surface area contributed by atoms with Crippen LogP contribution in [0, 0.1) is 23.5 Å². The van der Waals surface area contributed by atoms with E-state index in [1.165, 1.54) is 36.8 Å². The first-order valence-corrected chi connectivity index (χ1v) is 13.4. The second kappa shape index (κ2) is 12.4. The molecule has 0 atom stereocenters. The van der Waals surface area contributed by atoms with Crippen LogP contribution in [0.5, 0.6) is 5.75 Å². The second-order valence-electron chi connectivity index (χ2n) is 10.7. The van der Waals surface area contributed by atoms with E-state index in [-0.39, 0.29) is 5.92 Å². The monoisotopic (exact) mass is 536 g/mol. The highest BCUT2D eigenvalue weighted by Gasteiger charge is 2.35. The summed E-state index contributed by atoms with van der Waals surface area (Å²) < 4.78 is 84.1. The Morgan fingerprint density at radius 3 is 1.79 bits per heavy atom. The lowest BCUT2D eigenvalue weighted by atomic mass is 9.67. The van der Waals surface area contributed by atoms with Gasteiger partial charge in [-0.25, -0.2) is 8.78 Å². The number of rotatable bonds is 9. The smallest absolute Gasteiger partial charge is 0.423 e. The zero-order chi connectivity index (χ0) is 27.3. The number of ether oxygens (including phenoxy) is 1. The minimum atomic E-state index is -4.52. The van der Waals surface area contributed by atoms with Gasteiger partial charge in [0.25, 0.3) is 6.08 Å². The lowest BCUT2D eigenvalue weighted by molar-refractivity contribution is -0.137. The Balaban J connectivity index is 1.29. The lowest BCUT2D eigenvalue weighted by Gasteiger charge is -2.38. The molecule has 0 aromatic heterocycles. The molecule has 2 aliphatic carbocycles. The van der Waals surface area contributed by atoms with Crippen molar-refractivity contribution in [2.75, 3.05) is 0 Å². The molecule has 0 N–H and O–H groups in total. The second-order valence-corrected chi connectivity index (χ2v) is 10.7. The van der Waals surface area contributed by atoms with Gasteiger partial charge in [0.05, 0.1) is 6.08 Å². The van der Waals surface area contributed by atoms with Crippen LogP contribution < -0.4 is 4.74 Å². The number of allylic oxidation sites excluding steroid dienone is 1. The first kappa shape index (κ1) is 28.3. The summed E-state index contributed by atoms with van der Waals surface area (Å²) in [5.41, 5.74) is 3.14. The fraction of sp³-hybridized carbons (Fsp3) is 0.484. The van der Waals surface area contributed by atoms with Crippen molar-refractivity contribution in [3.63, 3.8) is 0 Å². The molecule has 2 aromatic rings. The molecule has 0 amide bonds. The summed E-state index contributed by atoms with van der Waals surface area (Å²) in [7, 11) is 0. The van der Waals surface area contributed by atoms with Gasteiger partial charge in [-0.3, -0.25) is 0 Å². The molecule has 0 heterocycles. The van der Waals surface area contributed by atoms with Gasteiger partial charge < -0.3 is 4.74 Å². The van der Waals surface area contributed by atoms with E-state index in [0.29, 0.717) is 23.3 Å². The molecule has 1 nitrogen and oxygen atoms in total. The van der Waals surface area contributed by atoms with Gasteiger partial charge in [-0.2, -0.15) is 17.6 Å². The van der Waals surface area contributed by atoms with Gasteiger partial charge in [-0.05, 0) is 117 Å². The molecule has 0 saturated heterocycles. The standard InChI is InChI=1S/C31H34F6O/c1-2-3-4-20-5-7-21(8-6-20)22-9-11-23(12-10-22)24-13-15-25(16-14-24)26-17-27(32)30(28(33)18-26)38-31(36,37)19-29(34)35/h2,5-8,17-19,22-25H,1,3-4,9-16H2.